The second-order valence-corrected chi connectivity index (χ2v) is 2.91. The molecule has 0 spiro atoms. The van der Waals surface area contributed by atoms with Gasteiger partial charge in [0.25, 0.3) is 0 Å². The van der Waals surface area contributed by atoms with Gasteiger partial charge in [-0.3, -0.25) is 9.97 Å². The summed E-state index contributed by atoms with van der Waals surface area (Å²) in [5.41, 5.74) is 2.19. The molecular formula is C12H10N2. The van der Waals surface area contributed by atoms with Gasteiger partial charge in [0, 0.05) is 24.8 Å². The van der Waals surface area contributed by atoms with E-state index < -0.39 is 0 Å². The van der Waals surface area contributed by atoms with Crippen molar-refractivity contribution in [3.8, 4) is 0 Å². The molecule has 0 N–H and O–H groups in total. The van der Waals surface area contributed by atoms with E-state index in [9.17, 15) is 0 Å². The number of aromatic nitrogens is 2. The van der Waals surface area contributed by atoms with Crippen molar-refractivity contribution in [1.29, 1.82) is 0 Å². The number of pyridine rings is 2. The molecule has 0 fully saturated rings. The molecule has 0 unspecified atom stereocenters. The summed E-state index contributed by atoms with van der Waals surface area (Å²) in [5.74, 6) is 0. The average molecular weight is 182 g/mol. The van der Waals surface area contributed by atoms with Crippen LogP contribution in [0.25, 0.3) is 12.2 Å². The number of hydrogen-bond acceptors (Lipinski definition) is 2. The van der Waals surface area contributed by atoms with Crippen molar-refractivity contribution < 1.29 is 0 Å². The first-order valence-corrected chi connectivity index (χ1v) is 4.43. The van der Waals surface area contributed by atoms with Gasteiger partial charge in [0.05, 0.1) is 0 Å². The van der Waals surface area contributed by atoms with Crippen LogP contribution in [0.2, 0.25) is 0 Å². The third-order valence-corrected chi connectivity index (χ3v) is 1.84. The van der Waals surface area contributed by atoms with Crippen LogP contribution in [-0.4, -0.2) is 9.97 Å². The lowest BCUT2D eigenvalue weighted by Gasteiger charge is -1.91. The molecule has 2 aromatic heterocycles. The maximum Gasteiger partial charge on any atom is 0.0340 e. The predicted octanol–water partition coefficient (Wildman–Crippen LogP) is 2.65. The molecule has 0 radical (unpaired) electrons. The van der Waals surface area contributed by atoms with Crippen molar-refractivity contribution in [1.82, 2.24) is 9.97 Å². The minimum absolute atomic E-state index is 1.09. The Labute approximate surface area is 83.0 Å². The smallest absolute Gasteiger partial charge is 0.0340 e. The van der Waals surface area contributed by atoms with Crippen LogP contribution in [-0.2, 0) is 0 Å². The summed E-state index contributed by atoms with van der Waals surface area (Å²) in [6.07, 6.45) is 11.2. The van der Waals surface area contributed by atoms with Crippen LogP contribution in [0.1, 0.15) is 11.1 Å². The lowest BCUT2D eigenvalue weighted by atomic mass is 10.2. The molecule has 14 heavy (non-hydrogen) atoms. The van der Waals surface area contributed by atoms with Crippen molar-refractivity contribution in [2.24, 2.45) is 0 Å². The lowest BCUT2D eigenvalue weighted by Crippen LogP contribution is -1.75. The van der Waals surface area contributed by atoms with E-state index in [-0.39, 0.29) is 0 Å². The van der Waals surface area contributed by atoms with Crippen LogP contribution in [0.3, 0.4) is 0 Å². The van der Waals surface area contributed by atoms with Gasteiger partial charge in [-0.15, -0.1) is 0 Å². The average Bonchev–Trinajstić information content (AvgIpc) is 2.29. The maximum atomic E-state index is 4.03. The van der Waals surface area contributed by atoms with E-state index in [0.717, 1.165) is 11.1 Å². The van der Waals surface area contributed by atoms with E-state index in [1.165, 1.54) is 0 Å². The Morgan fingerprint density at radius 3 is 1.64 bits per heavy atom. The number of rotatable bonds is 2. The summed E-state index contributed by atoms with van der Waals surface area (Å²) in [6.45, 7) is 0. The second kappa shape index (κ2) is 4.33. The Morgan fingerprint density at radius 2 is 1.29 bits per heavy atom. The minimum atomic E-state index is 1.09. The van der Waals surface area contributed by atoms with Crippen molar-refractivity contribution >= 4 is 12.2 Å². The van der Waals surface area contributed by atoms with Gasteiger partial charge in [-0.25, -0.2) is 0 Å². The fourth-order valence-electron chi connectivity index (χ4n) is 1.14. The summed E-state index contributed by atoms with van der Waals surface area (Å²) in [6, 6.07) is 7.87. The molecule has 0 amide bonds. The zero-order valence-corrected chi connectivity index (χ0v) is 7.67. The first-order chi connectivity index (χ1) is 6.95. The molecule has 0 saturated heterocycles. The molecule has 0 atom stereocenters. The van der Waals surface area contributed by atoms with Gasteiger partial charge in [-0.1, -0.05) is 24.3 Å². The highest BCUT2D eigenvalue weighted by atomic mass is 14.6. The zero-order valence-electron chi connectivity index (χ0n) is 7.67. The number of hydrogen-bond donors (Lipinski definition) is 0. The molecule has 2 rings (SSSR count). The van der Waals surface area contributed by atoms with Crippen molar-refractivity contribution in [3.05, 3.63) is 60.2 Å². The normalized spacial score (nSPS) is 10.6. The SMILES string of the molecule is C(=C/c1cccnc1)/c1cccnc1. The molecule has 68 valence electrons. The fourth-order valence-corrected chi connectivity index (χ4v) is 1.14. The van der Waals surface area contributed by atoms with E-state index in [1.807, 2.05) is 48.8 Å². The summed E-state index contributed by atoms with van der Waals surface area (Å²) < 4.78 is 0. The minimum Gasteiger partial charge on any atom is -0.264 e. The molecule has 2 nitrogen and oxygen atoms in total. The highest BCUT2D eigenvalue weighted by molar-refractivity contribution is 5.68. The van der Waals surface area contributed by atoms with E-state index in [2.05, 4.69) is 9.97 Å². The third-order valence-electron chi connectivity index (χ3n) is 1.84. The Morgan fingerprint density at radius 1 is 0.786 bits per heavy atom. The predicted molar refractivity (Wildman–Crippen MR) is 57.4 cm³/mol. The van der Waals surface area contributed by atoms with Gasteiger partial charge in [-0.2, -0.15) is 0 Å². The Balaban J connectivity index is 2.16. The lowest BCUT2D eigenvalue weighted by molar-refractivity contribution is 1.31. The molecule has 0 aliphatic carbocycles. The van der Waals surface area contributed by atoms with E-state index in [4.69, 9.17) is 0 Å². The van der Waals surface area contributed by atoms with Crippen molar-refractivity contribution in [2.75, 3.05) is 0 Å². The van der Waals surface area contributed by atoms with Crippen LogP contribution < -0.4 is 0 Å². The molecule has 0 saturated carbocycles. The first kappa shape index (κ1) is 8.63. The fraction of sp³-hybridized carbons (Fsp3) is 0. The van der Waals surface area contributed by atoms with Crippen LogP contribution >= 0.6 is 0 Å². The molecule has 0 aliphatic heterocycles. The monoisotopic (exact) mass is 182 g/mol. The van der Waals surface area contributed by atoms with Gasteiger partial charge >= 0.3 is 0 Å². The standard InChI is InChI=1S/C12H10N2/c1-3-11(9-13-7-1)5-6-12-4-2-8-14-10-12/h1-10H/b6-5-. The summed E-state index contributed by atoms with van der Waals surface area (Å²) in [5, 5.41) is 0. The van der Waals surface area contributed by atoms with Gasteiger partial charge in [0.15, 0.2) is 0 Å². The zero-order chi connectivity index (χ0) is 9.64. The summed E-state index contributed by atoms with van der Waals surface area (Å²) in [7, 11) is 0. The number of nitrogens with zero attached hydrogens (tertiary/aromatic N) is 2. The highest BCUT2D eigenvalue weighted by Crippen LogP contribution is 2.04. The summed E-state index contributed by atoms with van der Waals surface area (Å²) >= 11 is 0. The third kappa shape index (κ3) is 2.26. The van der Waals surface area contributed by atoms with Gasteiger partial charge in [0.1, 0.15) is 0 Å². The molecule has 2 heterocycles. The molecule has 0 aliphatic rings. The molecule has 2 aromatic rings. The van der Waals surface area contributed by atoms with Crippen LogP contribution in [0.4, 0.5) is 0 Å². The largest absolute Gasteiger partial charge is 0.264 e. The molecule has 2 heteroatoms. The van der Waals surface area contributed by atoms with Crippen LogP contribution in [0.5, 0.6) is 0 Å². The summed E-state index contributed by atoms with van der Waals surface area (Å²) in [4.78, 5) is 8.06. The topological polar surface area (TPSA) is 25.8 Å². The van der Waals surface area contributed by atoms with E-state index >= 15 is 0 Å². The van der Waals surface area contributed by atoms with Gasteiger partial charge in [0.2, 0.25) is 0 Å². The van der Waals surface area contributed by atoms with Crippen LogP contribution in [0, 0.1) is 0 Å². The highest BCUT2D eigenvalue weighted by Gasteiger charge is 1.85. The van der Waals surface area contributed by atoms with E-state index in [1.54, 1.807) is 12.4 Å². The van der Waals surface area contributed by atoms with Crippen molar-refractivity contribution in [2.45, 2.75) is 0 Å². The molecular weight excluding hydrogens is 172 g/mol. The van der Waals surface area contributed by atoms with Gasteiger partial charge < -0.3 is 0 Å². The Hall–Kier alpha value is -1.96. The second-order valence-electron chi connectivity index (χ2n) is 2.91. The first-order valence-electron chi connectivity index (χ1n) is 4.43. The molecule has 0 aromatic carbocycles. The van der Waals surface area contributed by atoms with E-state index in [0.29, 0.717) is 0 Å². The Kier molecular flexibility index (Phi) is 2.67. The van der Waals surface area contributed by atoms with Crippen molar-refractivity contribution in [3.63, 3.8) is 0 Å². The maximum absolute atomic E-state index is 4.03. The van der Waals surface area contributed by atoms with Gasteiger partial charge in [-0.05, 0) is 23.3 Å². The molecule has 0 bridgehead atoms. The van der Waals surface area contributed by atoms with Crippen LogP contribution in [0.15, 0.2) is 49.1 Å². The quantitative estimate of drug-likeness (QED) is 0.713. The Bertz CT molecular complexity index is 365.